The summed E-state index contributed by atoms with van der Waals surface area (Å²) in [5.41, 5.74) is 0.0866. The minimum Gasteiger partial charge on any atom is -0.368 e. The van der Waals surface area contributed by atoms with Gasteiger partial charge < -0.3 is 15.5 Å². The summed E-state index contributed by atoms with van der Waals surface area (Å²) in [6, 6.07) is 1.88. The molecule has 0 aliphatic heterocycles. The SMILES string of the molecule is CCNc1nccc(NCC(C)(C)N(C)C)n1. The van der Waals surface area contributed by atoms with Crippen molar-refractivity contribution in [2.45, 2.75) is 26.3 Å². The van der Waals surface area contributed by atoms with Crippen LogP contribution in [0.2, 0.25) is 0 Å². The summed E-state index contributed by atoms with van der Waals surface area (Å²) in [6.45, 7) is 8.06. The number of hydrogen-bond acceptors (Lipinski definition) is 5. The van der Waals surface area contributed by atoms with E-state index in [2.05, 4.69) is 53.4 Å². The first-order chi connectivity index (χ1) is 7.95. The second-order valence-electron chi connectivity index (χ2n) is 4.86. The van der Waals surface area contributed by atoms with E-state index in [0.29, 0.717) is 5.95 Å². The molecule has 2 N–H and O–H groups in total. The Balaban J connectivity index is 2.60. The predicted molar refractivity (Wildman–Crippen MR) is 72.5 cm³/mol. The highest BCUT2D eigenvalue weighted by Gasteiger charge is 2.19. The van der Waals surface area contributed by atoms with Gasteiger partial charge in [-0.2, -0.15) is 4.98 Å². The molecule has 1 aromatic rings. The van der Waals surface area contributed by atoms with Crippen molar-refractivity contribution in [1.82, 2.24) is 14.9 Å². The molecule has 0 amide bonds. The Labute approximate surface area is 104 Å². The molecule has 17 heavy (non-hydrogen) atoms. The van der Waals surface area contributed by atoms with E-state index < -0.39 is 0 Å². The van der Waals surface area contributed by atoms with Crippen molar-refractivity contribution in [3.05, 3.63) is 12.3 Å². The van der Waals surface area contributed by atoms with Crippen LogP contribution in [0.3, 0.4) is 0 Å². The van der Waals surface area contributed by atoms with E-state index in [4.69, 9.17) is 0 Å². The Hall–Kier alpha value is -1.36. The normalized spacial score (nSPS) is 11.6. The first-order valence-electron chi connectivity index (χ1n) is 5.94. The van der Waals surface area contributed by atoms with Crippen LogP contribution in [0, 0.1) is 0 Å². The third-order valence-corrected chi connectivity index (χ3v) is 2.90. The number of likely N-dealkylation sites (N-methyl/N-ethyl adjacent to an activating group) is 1. The molecule has 5 nitrogen and oxygen atoms in total. The molecule has 1 rings (SSSR count). The fourth-order valence-electron chi connectivity index (χ4n) is 1.17. The molecule has 96 valence electrons. The molecule has 0 radical (unpaired) electrons. The van der Waals surface area contributed by atoms with Gasteiger partial charge in [0.05, 0.1) is 0 Å². The molecule has 1 heterocycles. The van der Waals surface area contributed by atoms with Crippen LogP contribution in [0.5, 0.6) is 0 Å². The fraction of sp³-hybridized carbons (Fsp3) is 0.667. The van der Waals surface area contributed by atoms with E-state index in [0.717, 1.165) is 18.9 Å². The van der Waals surface area contributed by atoms with Gasteiger partial charge in [0.1, 0.15) is 5.82 Å². The summed E-state index contributed by atoms with van der Waals surface area (Å²) in [7, 11) is 4.15. The van der Waals surface area contributed by atoms with Gasteiger partial charge in [-0.05, 0) is 40.9 Å². The molecule has 0 atom stereocenters. The molecule has 0 unspecified atom stereocenters. The quantitative estimate of drug-likeness (QED) is 0.788. The number of aromatic nitrogens is 2. The smallest absolute Gasteiger partial charge is 0.224 e. The van der Waals surface area contributed by atoms with E-state index in [1.54, 1.807) is 6.20 Å². The molecular weight excluding hydrogens is 214 g/mol. The highest BCUT2D eigenvalue weighted by molar-refractivity contribution is 5.39. The molecule has 0 spiro atoms. The monoisotopic (exact) mass is 237 g/mol. The van der Waals surface area contributed by atoms with Gasteiger partial charge in [0.2, 0.25) is 5.95 Å². The number of nitrogens with one attached hydrogen (secondary N) is 2. The third kappa shape index (κ3) is 4.19. The van der Waals surface area contributed by atoms with Gasteiger partial charge in [0.25, 0.3) is 0 Å². The van der Waals surface area contributed by atoms with Crippen molar-refractivity contribution < 1.29 is 0 Å². The molecule has 1 aromatic heterocycles. The molecule has 0 saturated carbocycles. The minimum atomic E-state index is 0.0866. The van der Waals surface area contributed by atoms with Crippen LogP contribution in [0.1, 0.15) is 20.8 Å². The summed E-state index contributed by atoms with van der Waals surface area (Å²) < 4.78 is 0. The maximum atomic E-state index is 4.37. The summed E-state index contributed by atoms with van der Waals surface area (Å²) in [5, 5.41) is 6.43. The van der Waals surface area contributed by atoms with Crippen LogP contribution in [0.25, 0.3) is 0 Å². The van der Waals surface area contributed by atoms with Crippen LogP contribution in [0.4, 0.5) is 11.8 Å². The third-order valence-electron chi connectivity index (χ3n) is 2.90. The van der Waals surface area contributed by atoms with E-state index in [1.165, 1.54) is 0 Å². The molecule has 0 saturated heterocycles. The van der Waals surface area contributed by atoms with Gasteiger partial charge in [-0.3, -0.25) is 0 Å². The average Bonchev–Trinajstić information content (AvgIpc) is 2.27. The van der Waals surface area contributed by atoms with Gasteiger partial charge in [0.15, 0.2) is 0 Å². The maximum absolute atomic E-state index is 4.37. The molecular formula is C12H23N5. The van der Waals surface area contributed by atoms with Crippen molar-refractivity contribution in [1.29, 1.82) is 0 Å². The standard InChI is InChI=1S/C12H23N5/c1-6-13-11-14-8-7-10(16-11)15-9-12(2,3)17(4)5/h7-8H,6,9H2,1-5H3,(H2,13,14,15,16). The van der Waals surface area contributed by atoms with Gasteiger partial charge in [-0.25, -0.2) is 4.98 Å². The van der Waals surface area contributed by atoms with Crippen molar-refractivity contribution in [2.75, 3.05) is 37.8 Å². The van der Waals surface area contributed by atoms with E-state index in [-0.39, 0.29) is 5.54 Å². The maximum Gasteiger partial charge on any atom is 0.224 e. The number of rotatable bonds is 6. The van der Waals surface area contributed by atoms with Crippen molar-refractivity contribution in [3.63, 3.8) is 0 Å². The first kappa shape index (κ1) is 13.7. The topological polar surface area (TPSA) is 53.1 Å². The zero-order chi connectivity index (χ0) is 12.9. The van der Waals surface area contributed by atoms with E-state index in [1.807, 2.05) is 13.0 Å². The fourth-order valence-corrected chi connectivity index (χ4v) is 1.17. The Morgan fingerprint density at radius 2 is 2.00 bits per heavy atom. The van der Waals surface area contributed by atoms with E-state index in [9.17, 15) is 0 Å². The van der Waals surface area contributed by atoms with Gasteiger partial charge in [-0.1, -0.05) is 0 Å². The molecule has 5 heteroatoms. The minimum absolute atomic E-state index is 0.0866. The Morgan fingerprint density at radius 1 is 1.29 bits per heavy atom. The largest absolute Gasteiger partial charge is 0.368 e. The number of anilines is 2. The predicted octanol–water partition coefficient (Wildman–Crippen LogP) is 1.66. The average molecular weight is 237 g/mol. The second kappa shape index (κ2) is 5.82. The molecule has 0 aliphatic rings. The zero-order valence-corrected chi connectivity index (χ0v) is 11.4. The Kier molecular flexibility index (Phi) is 4.69. The Bertz CT molecular complexity index is 349. The van der Waals surface area contributed by atoms with Crippen molar-refractivity contribution >= 4 is 11.8 Å². The summed E-state index contributed by atoms with van der Waals surface area (Å²) in [5.74, 6) is 1.52. The number of nitrogens with zero attached hydrogens (tertiary/aromatic N) is 3. The lowest BCUT2D eigenvalue weighted by Crippen LogP contribution is -2.44. The highest BCUT2D eigenvalue weighted by Crippen LogP contribution is 2.12. The zero-order valence-electron chi connectivity index (χ0n) is 11.4. The lowest BCUT2D eigenvalue weighted by atomic mass is 10.0. The lowest BCUT2D eigenvalue weighted by Gasteiger charge is -2.32. The first-order valence-corrected chi connectivity index (χ1v) is 5.94. The summed E-state index contributed by atoms with van der Waals surface area (Å²) >= 11 is 0. The van der Waals surface area contributed by atoms with Gasteiger partial charge in [0, 0.05) is 24.8 Å². The van der Waals surface area contributed by atoms with E-state index >= 15 is 0 Å². The van der Waals surface area contributed by atoms with Crippen LogP contribution in [0.15, 0.2) is 12.3 Å². The molecule has 0 aromatic carbocycles. The van der Waals surface area contributed by atoms with Gasteiger partial charge in [-0.15, -0.1) is 0 Å². The van der Waals surface area contributed by atoms with Crippen LogP contribution in [-0.4, -0.2) is 47.6 Å². The van der Waals surface area contributed by atoms with Crippen LogP contribution < -0.4 is 10.6 Å². The number of hydrogen-bond donors (Lipinski definition) is 2. The second-order valence-corrected chi connectivity index (χ2v) is 4.86. The molecule has 0 aliphatic carbocycles. The molecule has 0 fully saturated rings. The summed E-state index contributed by atoms with van der Waals surface area (Å²) in [6.07, 6.45) is 1.76. The van der Waals surface area contributed by atoms with Crippen molar-refractivity contribution in [3.8, 4) is 0 Å². The highest BCUT2D eigenvalue weighted by atomic mass is 15.2. The van der Waals surface area contributed by atoms with Crippen LogP contribution in [-0.2, 0) is 0 Å². The van der Waals surface area contributed by atoms with Crippen molar-refractivity contribution in [2.24, 2.45) is 0 Å². The van der Waals surface area contributed by atoms with Crippen LogP contribution >= 0.6 is 0 Å². The molecule has 0 bridgehead atoms. The summed E-state index contributed by atoms with van der Waals surface area (Å²) in [4.78, 5) is 10.7. The Morgan fingerprint density at radius 3 is 2.59 bits per heavy atom. The lowest BCUT2D eigenvalue weighted by molar-refractivity contribution is 0.210. The van der Waals surface area contributed by atoms with Gasteiger partial charge >= 0.3 is 0 Å².